The van der Waals surface area contributed by atoms with Crippen molar-refractivity contribution < 1.29 is 108 Å². The smallest absolute Gasteiger partial charge is 0.462 e. The number of ether oxygens (including phenoxy) is 4. The van der Waals surface area contributed by atoms with E-state index in [0.717, 1.165) is 66.5 Å². The molecule has 0 radical (unpaired) electrons. The molecule has 0 aromatic heterocycles. The first-order valence-electron chi connectivity index (χ1n) is 46.0. The first-order valence-corrected chi connectivity index (χ1v) is 108. The molecule has 2 heterocycles. The van der Waals surface area contributed by atoms with Crippen LogP contribution in [0.15, 0.2) is 48.6 Å². The summed E-state index contributed by atoms with van der Waals surface area (Å²) in [5.74, 6) is -1.75. The van der Waals surface area contributed by atoms with Gasteiger partial charge in [-0.2, -0.15) is 0 Å². The summed E-state index contributed by atoms with van der Waals surface area (Å²) in [6.07, 6.45) is 2.07. The lowest BCUT2D eigenvalue weighted by Crippen LogP contribution is -2.67. The highest BCUT2D eigenvalue weighted by atomic mass is 28.6. The van der Waals surface area contributed by atoms with Crippen LogP contribution in [0.2, 0.25) is 338 Å². The van der Waals surface area contributed by atoms with Crippen LogP contribution in [0.25, 0.3) is 0 Å². The van der Waals surface area contributed by atoms with E-state index in [-0.39, 0.29) is 32.4 Å². The molecule has 0 saturated carbocycles. The number of carbonyl (C=O) groups is 4. The molecule has 0 aromatic carbocycles. The van der Waals surface area contributed by atoms with E-state index in [9.17, 15) is 19.2 Å². The molecule has 125 heavy (non-hydrogen) atoms. The second-order valence-electron chi connectivity index (χ2n) is 45.3. The average molecular weight is 2140 g/mol. The summed E-state index contributed by atoms with van der Waals surface area (Å²) in [6.45, 7) is 106. The van der Waals surface area contributed by atoms with Crippen LogP contribution in [0.4, 0.5) is 0 Å². The standard InChI is InChI=1S/C78H182O25Si22/c1-46-118(39)98-119(40,55-47-51-83-75(79)71(2)3)96-117(37,38)97-123(44,99-118)69-67-109(21,22)90-115(33,34)88-107(17,18)63-65-113(29,30)94-125(92-111(25,26)60-59-105(12,13)14,93-112(27,28)62-61-106(15,16)87-104(10)11)95-114(31,32)66-64-108(19,20)89-116(35,36)91-110(23,24)68-70-124(45)102-121(42,57-49-53-85-77(81)73(6)7)100-120(41,56-48-52-84-76(80)72(4)5)101-122(43,103-124)58-50-54-86-78(82)74(8)9/h104H,2,4,6,8,46-70H2,1,3,5,7,9-45H3. The molecular weight excluding hydrogens is 1950 g/mol. The molecule has 6 atom stereocenters. The summed E-state index contributed by atoms with van der Waals surface area (Å²) >= 11 is 0. The van der Waals surface area contributed by atoms with Crippen molar-refractivity contribution in [2.75, 3.05) is 26.4 Å². The Balaban J connectivity index is 2.68. The zero-order valence-electron chi connectivity index (χ0n) is 86.8. The van der Waals surface area contributed by atoms with Gasteiger partial charge in [0, 0.05) is 30.4 Å². The predicted molar refractivity (Wildman–Crippen MR) is 566 cm³/mol. The van der Waals surface area contributed by atoms with Crippen molar-refractivity contribution in [1.29, 1.82) is 0 Å². The highest BCUT2D eigenvalue weighted by molar-refractivity contribution is 6.98. The Kier molecular flexibility index (Phi) is 46.8. The maximum Gasteiger partial charge on any atom is 0.636 e. The van der Waals surface area contributed by atoms with Crippen LogP contribution >= 0.6 is 0 Å². The van der Waals surface area contributed by atoms with Gasteiger partial charge in [-0.05, 0) is 366 Å². The van der Waals surface area contributed by atoms with Crippen molar-refractivity contribution in [3.8, 4) is 0 Å². The second kappa shape index (κ2) is 48.0. The van der Waals surface area contributed by atoms with Gasteiger partial charge in [0.15, 0.2) is 83.9 Å². The topological polar surface area (TPSA) is 262 Å². The molecule has 732 valence electrons. The van der Waals surface area contributed by atoms with Gasteiger partial charge in [-0.3, -0.25) is 0 Å². The minimum Gasteiger partial charge on any atom is -0.462 e. The van der Waals surface area contributed by atoms with Crippen molar-refractivity contribution in [3.05, 3.63) is 48.6 Å². The predicted octanol–water partition coefficient (Wildman–Crippen LogP) is 23.6. The Bertz CT molecular complexity index is 3500. The van der Waals surface area contributed by atoms with E-state index in [4.69, 9.17) is 88.9 Å². The molecule has 0 N–H and O–H groups in total. The average Bonchev–Trinajstić information content (AvgIpc) is 0.773. The van der Waals surface area contributed by atoms with E-state index in [2.05, 4.69) is 262 Å². The van der Waals surface area contributed by atoms with E-state index in [0.29, 0.717) is 84.2 Å². The summed E-state index contributed by atoms with van der Waals surface area (Å²) in [4.78, 5) is 50.0. The van der Waals surface area contributed by atoms with Crippen molar-refractivity contribution in [3.63, 3.8) is 0 Å². The zero-order chi connectivity index (χ0) is 97.2. The highest BCUT2D eigenvalue weighted by Gasteiger charge is 2.62. The molecule has 0 bridgehead atoms. The molecule has 25 nitrogen and oxygen atoms in total. The number of esters is 4. The number of hydrogen-bond donors (Lipinski definition) is 0. The molecule has 2 saturated heterocycles. The zero-order valence-corrected chi connectivity index (χ0v) is 109. The Hall–Kier alpha value is 0.931. The first kappa shape index (κ1) is 122. The molecule has 2 aliphatic rings. The molecule has 2 aliphatic heterocycles. The number of hydrogen-bond acceptors (Lipinski definition) is 25. The normalized spacial score (nSPS) is 24.4. The van der Waals surface area contributed by atoms with E-state index >= 15 is 0 Å². The largest absolute Gasteiger partial charge is 0.636 e. The summed E-state index contributed by atoms with van der Waals surface area (Å²) < 4.78 is 150. The highest BCUT2D eigenvalue weighted by Crippen LogP contribution is 2.45. The fraction of sp³-hybridized carbons (Fsp3) is 0.846. The lowest BCUT2D eigenvalue weighted by molar-refractivity contribution is -0.139. The van der Waals surface area contributed by atoms with Gasteiger partial charge >= 0.3 is 119 Å². The van der Waals surface area contributed by atoms with E-state index in [1.54, 1.807) is 27.7 Å². The monoisotopic (exact) mass is 2130 g/mol. The molecule has 2 fully saturated rings. The minimum absolute atomic E-state index is 0.156. The van der Waals surface area contributed by atoms with Gasteiger partial charge in [0.1, 0.15) is 0 Å². The lowest BCUT2D eigenvalue weighted by Gasteiger charge is -2.51. The van der Waals surface area contributed by atoms with Gasteiger partial charge in [-0.25, -0.2) is 19.2 Å². The Labute approximate surface area is 785 Å². The summed E-state index contributed by atoms with van der Waals surface area (Å²) in [5.41, 5.74) is 1.34. The third-order valence-corrected chi connectivity index (χ3v) is 110. The number of carbonyl (C=O) groups excluding carboxylic acids is 4. The van der Waals surface area contributed by atoms with Crippen LogP contribution in [0.1, 0.15) is 60.3 Å². The quantitative estimate of drug-likeness (QED) is 0.0180. The third kappa shape index (κ3) is 49.7. The van der Waals surface area contributed by atoms with Gasteiger partial charge in [0.05, 0.1) is 26.4 Å². The molecule has 6 unspecified atom stereocenters. The fourth-order valence-corrected chi connectivity index (χ4v) is 134. The fourth-order valence-electron chi connectivity index (χ4n) is 16.3. The minimum atomic E-state index is -4.05. The lowest BCUT2D eigenvalue weighted by atomic mass is 10.4. The summed E-state index contributed by atoms with van der Waals surface area (Å²) in [6, 6.07) is 13.1. The van der Waals surface area contributed by atoms with Crippen LogP contribution in [0.5, 0.6) is 0 Å². The molecule has 0 amide bonds. The van der Waals surface area contributed by atoms with Gasteiger partial charge in [0.25, 0.3) is 0 Å². The second-order valence-corrected chi connectivity index (χ2v) is 132. The van der Waals surface area contributed by atoms with E-state index < -0.39 is 205 Å². The first-order chi connectivity index (χ1) is 55.8. The van der Waals surface area contributed by atoms with Crippen LogP contribution in [-0.4, -0.2) is 237 Å². The van der Waals surface area contributed by atoms with Gasteiger partial charge in [-0.15, -0.1) is 0 Å². The van der Waals surface area contributed by atoms with Crippen molar-refractivity contribution >= 4 is 211 Å². The molecule has 0 aromatic rings. The van der Waals surface area contributed by atoms with Crippen molar-refractivity contribution in [2.24, 2.45) is 0 Å². The Morgan fingerprint density at radius 2 is 0.480 bits per heavy atom. The van der Waals surface area contributed by atoms with Crippen LogP contribution in [-0.2, 0) is 108 Å². The molecular formula is C78H182O25Si22. The SMILES string of the molecule is C=C(C)C(=O)OCCC[Si]1(C)O[Si](C)(C)O[Si](C)(CC[Si](C)(C)O[Si](C)(C)O[Si](C)(C)CC[Si](C)(C)O[Si](O[Si](C)(C)CC[Si](C)(C)C)(O[Si](C)(C)CC[Si](C)(C)O[SiH](C)C)O[Si](C)(C)CC[Si](C)(C)O[Si](C)(C)O[Si](C)(C)CC[Si]2(C)O[Si](C)(CCCOC(=O)C(=C)C)O[Si](C)(CCCOC(=O)C(=C)C)O[Si](C)(CCCOC(=O)C(=C)C)O2)O[Si](C)(CC)O1. The van der Waals surface area contributed by atoms with Crippen molar-refractivity contribution in [1.82, 2.24) is 0 Å². The van der Waals surface area contributed by atoms with Gasteiger partial charge in [0.2, 0.25) is 0 Å². The van der Waals surface area contributed by atoms with Crippen molar-refractivity contribution in [2.45, 2.75) is 399 Å². The van der Waals surface area contributed by atoms with Crippen LogP contribution in [0.3, 0.4) is 0 Å². The maximum atomic E-state index is 12.6. The number of rotatable bonds is 57. The van der Waals surface area contributed by atoms with Gasteiger partial charge < -0.3 is 88.9 Å². The molecule has 47 heteroatoms. The van der Waals surface area contributed by atoms with E-state index in [1.165, 1.54) is 0 Å². The Morgan fingerprint density at radius 1 is 0.280 bits per heavy atom. The van der Waals surface area contributed by atoms with E-state index in [1.807, 2.05) is 6.55 Å². The third-order valence-electron chi connectivity index (χ3n) is 21.7. The molecule has 0 spiro atoms. The maximum absolute atomic E-state index is 12.6. The van der Waals surface area contributed by atoms with Gasteiger partial charge in [-0.1, -0.05) is 58.9 Å². The summed E-state index contributed by atoms with van der Waals surface area (Å²) in [7, 11) is -59.6. The Morgan fingerprint density at radius 3 is 0.712 bits per heavy atom. The molecule has 0 aliphatic carbocycles. The molecule has 2 rings (SSSR count). The summed E-state index contributed by atoms with van der Waals surface area (Å²) in [5, 5.41) is 0. The van der Waals surface area contributed by atoms with Crippen LogP contribution < -0.4 is 0 Å². The van der Waals surface area contributed by atoms with Crippen LogP contribution in [0, 0.1) is 0 Å².